The topological polar surface area (TPSA) is 42.4 Å². The van der Waals surface area contributed by atoms with Gasteiger partial charge < -0.3 is 15.1 Å². The second-order valence-corrected chi connectivity index (χ2v) is 5.66. The molecule has 2 N–H and O–H groups in total. The van der Waals surface area contributed by atoms with Crippen molar-refractivity contribution in [2.45, 2.75) is 39.8 Å². The van der Waals surface area contributed by atoms with Crippen molar-refractivity contribution >= 4 is 5.69 Å². The van der Waals surface area contributed by atoms with Crippen molar-refractivity contribution in [1.82, 2.24) is 0 Å². The lowest BCUT2D eigenvalue weighted by molar-refractivity contribution is 0.482. The average molecular weight is 272 g/mol. The van der Waals surface area contributed by atoms with Gasteiger partial charge in [-0.1, -0.05) is 6.07 Å². The smallest absolute Gasteiger partial charge is 0.123 e. The van der Waals surface area contributed by atoms with Crippen LogP contribution in [0.5, 0.6) is 0 Å². The summed E-state index contributed by atoms with van der Waals surface area (Å²) in [6, 6.07) is 10.8. The summed E-state index contributed by atoms with van der Waals surface area (Å²) in [5, 5.41) is 0. The van der Waals surface area contributed by atoms with E-state index in [0.717, 1.165) is 24.5 Å². The molecule has 3 nitrogen and oxygen atoms in total. The van der Waals surface area contributed by atoms with Crippen LogP contribution in [0, 0.1) is 13.8 Å². The Hall–Kier alpha value is -1.74. The highest BCUT2D eigenvalue weighted by atomic mass is 16.3. The predicted molar refractivity (Wildman–Crippen MR) is 84.1 cm³/mol. The molecule has 0 saturated carbocycles. The number of aryl methyl sites for hydroxylation is 2. The number of rotatable bonds is 5. The van der Waals surface area contributed by atoms with Gasteiger partial charge in [0.05, 0.1) is 6.54 Å². The normalized spacial score (nSPS) is 12.4. The highest BCUT2D eigenvalue weighted by Crippen LogP contribution is 2.21. The fourth-order valence-corrected chi connectivity index (χ4v) is 2.39. The predicted octanol–water partition coefficient (Wildman–Crippen LogP) is 3.42. The van der Waals surface area contributed by atoms with E-state index in [1.54, 1.807) is 0 Å². The van der Waals surface area contributed by atoms with Gasteiger partial charge in [0.25, 0.3) is 0 Å². The molecule has 0 aliphatic rings. The van der Waals surface area contributed by atoms with Crippen molar-refractivity contribution < 1.29 is 4.42 Å². The van der Waals surface area contributed by atoms with Crippen LogP contribution in [0.15, 0.2) is 34.7 Å². The molecule has 1 aromatic carbocycles. The Labute approximate surface area is 121 Å². The summed E-state index contributed by atoms with van der Waals surface area (Å²) < 4.78 is 5.62. The minimum Gasteiger partial charge on any atom is -0.464 e. The van der Waals surface area contributed by atoms with E-state index < -0.39 is 0 Å². The molecule has 20 heavy (non-hydrogen) atoms. The monoisotopic (exact) mass is 272 g/mol. The molecule has 1 atom stereocenters. The molecular weight excluding hydrogens is 248 g/mol. The summed E-state index contributed by atoms with van der Waals surface area (Å²) in [7, 11) is 2.08. The van der Waals surface area contributed by atoms with Gasteiger partial charge in [-0.15, -0.1) is 0 Å². The van der Waals surface area contributed by atoms with Crippen LogP contribution >= 0.6 is 0 Å². The van der Waals surface area contributed by atoms with E-state index in [1.807, 2.05) is 26.0 Å². The van der Waals surface area contributed by atoms with Gasteiger partial charge in [-0.25, -0.2) is 0 Å². The number of hydrogen-bond donors (Lipinski definition) is 1. The molecule has 2 aromatic rings. The first kappa shape index (κ1) is 14.7. The molecule has 0 fully saturated rings. The van der Waals surface area contributed by atoms with Gasteiger partial charge in [0.2, 0.25) is 0 Å². The maximum atomic E-state index is 5.87. The standard InChI is InChI=1S/C17H24N2O/c1-12-9-16(7-6-15(12)10-13(2)18)19(4)11-17-8-5-14(3)20-17/h5-9,13H,10-11,18H2,1-4H3. The molecule has 0 spiro atoms. The number of benzene rings is 1. The molecule has 0 aliphatic carbocycles. The van der Waals surface area contributed by atoms with E-state index in [9.17, 15) is 0 Å². The van der Waals surface area contributed by atoms with Crippen molar-refractivity contribution in [3.8, 4) is 0 Å². The Morgan fingerprint density at radius 2 is 1.95 bits per heavy atom. The fourth-order valence-electron chi connectivity index (χ4n) is 2.39. The number of nitrogens with zero attached hydrogens (tertiary/aromatic N) is 1. The van der Waals surface area contributed by atoms with Crippen LogP contribution in [-0.2, 0) is 13.0 Å². The molecule has 0 radical (unpaired) electrons. The van der Waals surface area contributed by atoms with Gasteiger partial charge in [0.1, 0.15) is 11.5 Å². The molecule has 0 aliphatic heterocycles. The molecule has 1 heterocycles. The molecule has 108 valence electrons. The SMILES string of the molecule is Cc1ccc(CN(C)c2ccc(CC(C)N)c(C)c2)o1. The zero-order valence-corrected chi connectivity index (χ0v) is 12.8. The van der Waals surface area contributed by atoms with Crippen LogP contribution in [0.3, 0.4) is 0 Å². The molecule has 1 unspecified atom stereocenters. The molecule has 0 amide bonds. The van der Waals surface area contributed by atoms with Crippen LogP contribution in [0.2, 0.25) is 0 Å². The van der Waals surface area contributed by atoms with E-state index in [-0.39, 0.29) is 6.04 Å². The van der Waals surface area contributed by atoms with Gasteiger partial charge >= 0.3 is 0 Å². The minimum atomic E-state index is 0.198. The highest BCUT2D eigenvalue weighted by molar-refractivity contribution is 5.50. The molecular formula is C17H24N2O. The van der Waals surface area contributed by atoms with Crippen molar-refractivity contribution in [1.29, 1.82) is 0 Å². The van der Waals surface area contributed by atoms with Crippen LogP contribution in [0.25, 0.3) is 0 Å². The molecule has 1 aromatic heterocycles. The highest BCUT2D eigenvalue weighted by Gasteiger charge is 2.08. The first-order chi connectivity index (χ1) is 9.45. The summed E-state index contributed by atoms with van der Waals surface area (Å²) in [6.07, 6.45) is 0.924. The third-order valence-corrected chi connectivity index (χ3v) is 3.50. The summed E-state index contributed by atoms with van der Waals surface area (Å²) in [6.45, 7) is 6.93. The number of furan rings is 1. The van der Waals surface area contributed by atoms with Crippen LogP contribution in [-0.4, -0.2) is 13.1 Å². The Bertz CT molecular complexity index is 572. The Balaban J connectivity index is 2.10. The van der Waals surface area contributed by atoms with E-state index in [0.29, 0.717) is 0 Å². The van der Waals surface area contributed by atoms with Gasteiger partial charge in [-0.05, 0) is 62.6 Å². The van der Waals surface area contributed by atoms with Gasteiger partial charge in [0, 0.05) is 18.8 Å². The van der Waals surface area contributed by atoms with Crippen LogP contribution in [0.1, 0.15) is 29.6 Å². The number of anilines is 1. The van der Waals surface area contributed by atoms with Gasteiger partial charge in [-0.3, -0.25) is 0 Å². The zero-order chi connectivity index (χ0) is 14.7. The quantitative estimate of drug-likeness (QED) is 0.907. The van der Waals surface area contributed by atoms with Crippen molar-refractivity contribution in [3.05, 3.63) is 53.0 Å². The Morgan fingerprint density at radius 1 is 1.20 bits per heavy atom. The first-order valence-electron chi connectivity index (χ1n) is 7.07. The lowest BCUT2D eigenvalue weighted by Crippen LogP contribution is -2.19. The first-order valence-corrected chi connectivity index (χ1v) is 7.07. The molecule has 0 bridgehead atoms. The number of nitrogens with two attached hydrogens (primary N) is 1. The lowest BCUT2D eigenvalue weighted by Gasteiger charge is -2.20. The van der Waals surface area contributed by atoms with E-state index in [2.05, 4.69) is 37.1 Å². The largest absolute Gasteiger partial charge is 0.464 e. The molecule has 0 saturated heterocycles. The van der Waals surface area contributed by atoms with Crippen molar-refractivity contribution in [2.24, 2.45) is 5.73 Å². The number of hydrogen-bond acceptors (Lipinski definition) is 3. The van der Waals surface area contributed by atoms with Crippen molar-refractivity contribution in [2.75, 3.05) is 11.9 Å². The lowest BCUT2D eigenvalue weighted by atomic mass is 10.0. The van der Waals surface area contributed by atoms with Crippen LogP contribution < -0.4 is 10.6 Å². The third kappa shape index (κ3) is 3.64. The second kappa shape index (κ2) is 6.14. The fraction of sp³-hybridized carbons (Fsp3) is 0.412. The maximum Gasteiger partial charge on any atom is 0.123 e. The Morgan fingerprint density at radius 3 is 2.50 bits per heavy atom. The molecule has 3 heteroatoms. The van der Waals surface area contributed by atoms with E-state index >= 15 is 0 Å². The van der Waals surface area contributed by atoms with Crippen LogP contribution in [0.4, 0.5) is 5.69 Å². The minimum absolute atomic E-state index is 0.198. The van der Waals surface area contributed by atoms with Gasteiger partial charge in [0.15, 0.2) is 0 Å². The zero-order valence-electron chi connectivity index (χ0n) is 12.8. The second-order valence-electron chi connectivity index (χ2n) is 5.66. The Kier molecular flexibility index (Phi) is 4.50. The summed E-state index contributed by atoms with van der Waals surface area (Å²) in [4.78, 5) is 2.20. The summed E-state index contributed by atoms with van der Waals surface area (Å²) >= 11 is 0. The average Bonchev–Trinajstić information content (AvgIpc) is 2.76. The van der Waals surface area contributed by atoms with Crippen molar-refractivity contribution in [3.63, 3.8) is 0 Å². The summed E-state index contributed by atoms with van der Waals surface area (Å²) in [5.41, 5.74) is 9.69. The van der Waals surface area contributed by atoms with E-state index in [1.165, 1.54) is 16.8 Å². The maximum absolute atomic E-state index is 5.87. The van der Waals surface area contributed by atoms with Gasteiger partial charge in [-0.2, -0.15) is 0 Å². The summed E-state index contributed by atoms with van der Waals surface area (Å²) in [5.74, 6) is 1.94. The third-order valence-electron chi connectivity index (χ3n) is 3.50. The van der Waals surface area contributed by atoms with E-state index in [4.69, 9.17) is 10.2 Å². The molecule has 2 rings (SSSR count).